The fourth-order valence-corrected chi connectivity index (χ4v) is 5.95. The third-order valence-corrected chi connectivity index (χ3v) is 8.16. The van der Waals surface area contributed by atoms with Crippen molar-refractivity contribution in [3.63, 3.8) is 0 Å². The third-order valence-electron chi connectivity index (χ3n) is 4.94. The largest absolute Gasteiger partial charge is 0.352 e. The second-order valence-electron chi connectivity index (χ2n) is 6.91. The molecule has 10 heteroatoms. The van der Waals surface area contributed by atoms with Crippen LogP contribution in [0, 0.1) is 0 Å². The normalized spacial score (nSPS) is 15.8. The first-order valence-corrected chi connectivity index (χ1v) is 12.0. The van der Waals surface area contributed by atoms with Gasteiger partial charge in [0, 0.05) is 50.7 Å². The van der Waals surface area contributed by atoms with E-state index < -0.39 is 10.0 Å². The van der Waals surface area contributed by atoms with Crippen LogP contribution in [0.5, 0.6) is 0 Å². The van der Waals surface area contributed by atoms with Gasteiger partial charge in [0.15, 0.2) is 0 Å². The minimum absolute atomic E-state index is 0.0549. The molecule has 0 radical (unpaired) electrons. The SMILES string of the molecule is O=C(CCN1CCN(S(=O)(=O)c2c(Cl)cccc2Cl)CC1)NCc1ccccc1Cl. The van der Waals surface area contributed by atoms with E-state index in [0.29, 0.717) is 50.7 Å². The molecule has 0 unspecified atom stereocenters. The van der Waals surface area contributed by atoms with Crippen molar-refractivity contribution in [3.8, 4) is 0 Å². The summed E-state index contributed by atoms with van der Waals surface area (Å²) < 4.78 is 27.2. The number of sulfonamides is 1. The lowest BCUT2D eigenvalue weighted by Crippen LogP contribution is -2.49. The number of carbonyl (C=O) groups excluding carboxylic acids is 1. The summed E-state index contributed by atoms with van der Waals surface area (Å²) in [5, 5.41) is 3.70. The number of piperazine rings is 1. The minimum Gasteiger partial charge on any atom is -0.352 e. The molecule has 1 amide bonds. The van der Waals surface area contributed by atoms with Crippen LogP contribution in [0.4, 0.5) is 0 Å². The number of hydrogen-bond acceptors (Lipinski definition) is 4. The predicted octanol–water partition coefficient (Wildman–Crippen LogP) is 3.66. The van der Waals surface area contributed by atoms with Crippen molar-refractivity contribution in [2.45, 2.75) is 17.9 Å². The number of halogens is 3. The van der Waals surface area contributed by atoms with E-state index in [9.17, 15) is 13.2 Å². The Morgan fingerprint density at radius 2 is 1.50 bits per heavy atom. The van der Waals surface area contributed by atoms with Gasteiger partial charge in [-0.15, -0.1) is 0 Å². The second-order valence-corrected chi connectivity index (χ2v) is 10.0. The molecule has 6 nitrogen and oxygen atoms in total. The van der Waals surface area contributed by atoms with E-state index >= 15 is 0 Å². The standard InChI is InChI=1S/C20H22Cl3N3O3S/c21-16-5-2-1-4-15(16)14-24-19(27)8-9-25-10-12-26(13-11-25)30(28,29)20-17(22)6-3-7-18(20)23/h1-7H,8-14H2,(H,24,27). The molecular weight excluding hydrogens is 469 g/mol. The Morgan fingerprint density at radius 3 is 2.13 bits per heavy atom. The molecule has 1 N–H and O–H groups in total. The number of nitrogens with zero attached hydrogens (tertiary/aromatic N) is 2. The maximum Gasteiger partial charge on any atom is 0.246 e. The summed E-state index contributed by atoms with van der Waals surface area (Å²) in [4.78, 5) is 14.1. The van der Waals surface area contributed by atoms with Crippen LogP contribution in [-0.4, -0.2) is 56.3 Å². The third kappa shape index (κ3) is 5.66. The molecule has 162 valence electrons. The summed E-state index contributed by atoms with van der Waals surface area (Å²) in [6, 6.07) is 12.0. The molecule has 30 heavy (non-hydrogen) atoms. The van der Waals surface area contributed by atoms with Crippen molar-refractivity contribution >= 4 is 50.7 Å². The van der Waals surface area contributed by atoms with E-state index in [-0.39, 0.29) is 20.8 Å². The summed E-state index contributed by atoms with van der Waals surface area (Å²) in [6.07, 6.45) is 0.327. The van der Waals surface area contributed by atoms with Gasteiger partial charge >= 0.3 is 0 Å². The van der Waals surface area contributed by atoms with Crippen molar-refractivity contribution in [1.82, 2.24) is 14.5 Å². The topological polar surface area (TPSA) is 69.7 Å². The maximum absolute atomic E-state index is 12.9. The summed E-state index contributed by atoms with van der Waals surface area (Å²) in [5.41, 5.74) is 0.865. The molecule has 1 heterocycles. The van der Waals surface area contributed by atoms with Gasteiger partial charge in [0.25, 0.3) is 0 Å². The van der Waals surface area contributed by atoms with E-state index in [2.05, 4.69) is 10.2 Å². The molecule has 1 aliphatic heterocycles. The zero-order valence-corrected chi connectivity index (χ0v) is 19.2. The van der Waals surface area contributed by atoms with E-state index in [1.807, 2.05) is 18.2 Å². The molecule has 1 saturated heterocycles. The van der Waals surface area contributed by atoms with Crippen LogP contribution in [-0.2, 0) is 21.4 Å². The number of carbonyl (C=O) groups is 1. The van der Waals surface area contributed by atoms with Crippen LogP contribution in [0.1, 0.15) is 12.0 Å². The van der Waals surface area contributed by atoms with Crippen molar-refractivity contribution in [2.75, 3.05) is 32.7 Å². The summed E-state index contributed by atoms with van der Waals surface area (Å²) in [7, 11) is -3.77. The Kier molecular flexibility index (Phi) is 8.01. The van der Waals surface area contributed by atoms with Crippen molar-refractivity contribution in [2.24, 2.45) is 0 Å². The van der Waals surface area contributed by atoms with Crippen molar-refractivity contribution in [1.29, 1.82) is 0 Å². The molecule has 0 atom stereocenters. The van der Waals surface area contributed by atoms with Crippen LogP contribution in [0.2, 0.25) is 15.1 Å². The Labute approximate surface area is 191 Å². The second kappa shape index (κ2) is 10.3. The highest BCUT2D eigenvalue weighted by molar-refractivity contribution is 7.89. The molecule has 3 rings (SSSR count). The highest BCUT2D eigenvalue weighted by Gasteiger charge is 2.31. The lowest BCUT2D eigenvalue weighted by Gasteiger charge is -2.34. The molecule has 1 aliphatic rings. The Morgan fingerprint density at radius 1 is 0.900 bits per heavy atom. The smallest absolute Gasteiger partial charge is 0.246 e. The Hall–Kier alpha value is -1.35. The fourth-order valence-electron chi connectivity index (χ4n) is 3.24. The van der Waals surface area contributed by atoms with Crippen LogP contribution in [0.15, 0.2) is 47.4 Å². The van der Waals surface area contributed by atoms with E-state index in [4.69, 9.17) is 34.8 Å². The molecule has 0 bridgehead atoms. The van der Waals surface area contributed by atoms with Gasteiger partial charge in [-0.25, -0.2) is 8.42 Å². The fraction of sp³-hybridized carbons (Fsp3) is 0.350. The number of rotatable bonds is 7. The molecule has 0 saturated carbocycles. The van der Waals surface area contributed by atoms with Gasteiger partial charge in [-0.3, -0.25) is 4.79 Å². The van der Waals surface area contributed by atoms with Gasteiger partial charge in [0.05, 0.1) is 10.0 Å². The van der Waals surface area contributed by atoms with Crippen LogP contribution >= 0.6 is 34.8 Å². The number of hydrogen-bond donors (Lipinski definition) is 1. The first kappa shape index (κ1) is 23.3. The molecule has 2 aromatic carbocycles. The monoisotopic (exact) mass is 489 g/mol. The van der Waals surface area contributed by atoms with E-state index in [0.717, 1.165) is 5.56 Å². The highest BCUT2D eigenvalue weighted by Crippen LogP contribution is 2.31. The highest BCUT2D eigenvalue weighted by atomic mass is 35.5. The maximum atomic E-state index is 12.9. The first-order chi connectivity index (χ1) is 14.3. The molecule has 0 aromatic heterocycles. The minimum atomic E-state index is -3.77. The van der Waals surface area contributed by atoms with Crippen molar-refractivity contribution < 1.29 is 13.2 Å². The quantitative estimate of drug-likeness (QED) is 0.643. The van der Waals surface area contributed by atoms with Gasteiger partial charge < -0.3 is 10.2 Å². The number of nitrogens with one attached hydrogen (secondary N) is 1. The molecule has 0 spiro atoms. The zero-order valence-electron chi connectivity index (χ0n) is 16.2. The number of amides is 1. The average molecular weight is 491 g/mol. The van der Waals surface area contributed by atoms with Crippen LogP contribution < -0.4 is 5.32 Å². The van der Waals surface area contributed by atoms with Gasteiger partial charge in [-0.1, -0.05) is 59.1 Å². The summed E-state index contributed by atoms with van der Waals surface area (Å²) in [5.74, 6) is -0.0761. The molecular formula is C20H22Cl3N3O3S. The van der Waals surface area contributed by atoms with Crippen molar-refractivity contribution in [3.05, 3.63) is 63.1 Å². The summed E-state index contributed by atoms with van der Waals surface area (Å²) >= 11 is 18.2. The summed E-state index contributed by atoms with van der Waals surface area (Å²) in [6.45, 7) is 2.60. The lowest BCUT2D eigenvalue weighted by molar-refractivity contribution is -0.121. The van der Waals surface area contributed by atoms with Crippen LogP contribution in [0.3, 0.4) is 0 Å². The van der Waals surface area contributed by atoms with Gasteiger partial charge in [-0.2, -0.15) is 4.31 Å². The zero-order chi connectivity index (χ0) is 21.7. The van der Waals surface area contributed by atoms with E-state index in [1.165, 1.54) is 16.4 Å². The molecule has 0 aliphatic carbocycles. The van der Waals surface area contributed by atoms with E-state index in [1.54, 1.807) is 12.1 Å². The molecule has 1 fully saturated rings. The first-order valence-electron chi connectivity index (χ1n) is 9.45. The Balaban J connectivity index is 1.48. The lowest BCUT2D eigenvalue weighted by atomic mass is 10.2. The average Bonchev–Trinajstić information content (AvgIpc) is 2.71. The van der Waals surface area contributed by atoms with Gasteiger partial charge in [0.1, 0.15) is 4.90 Å². The Bertz CT molecular complexity index is 989. The van der Waals surface area contributed by atoms with Gasteiger partial charge in [-0.05, 0) is 23.8 Å². The van der Waals surface area contributed by atoms with Gasteiger partial charge in [0.2, 0.25) is 15.9 Å². The predicted molar refractivity (Wildman–Crippen MR) is 120 cm³/mol. The number of benzene rings is 2. The molecule has 2 aromatic rings. The van der Waals surface area contributed by atoms with Crippen LogP contribution in [0.25, 0.3) is 0 Å².